The highest BCUT2D eigenvalue weighted by Crippen LogP contribution is 2.39. The molecular formula is C13H24O4. The summed E-state index contributed by atoms with van der Waals surface area (Å²) in [4.78, 5) is 0. The van der Waals surface area contributed by atoms with Crippen molar-refractivity contribution in [2.75, 3.05) is 19.8 Å². The average Bonchev–Trinajstić information content (AvgIpc) is 2.76. The lowest BCUT2D eigenvalue weighted by Crippen LogP contribution is -2.50. The molecule has 2 aliphatic heterocycles. The molecule has 0 bridgehead atoms. The minimum atomic E-state index is -0.997. The van der Waals surface area contributed by atoms with Gasteiger partial charge < -0.3 is 19.7 Å². The molecule has 0 radical (unpaired) electrons. The summed E-state index contributed by atoms with van der Waals surface area (Å²) < 4.78 is 11.2. The van der Waals surface area contributed by atoms with Crippen molar-refractivity contribution in [2.24, 2.45) is 5.92 Å². The van der Waals surface area contributed by atoms with Gasteiger partial charge in [0.1, 0.15) is 0 Å². The maximum Gasteiger partial charge on any atom is 0.0940 e. The number of aliphatic hydroxyl groups is 2. The fourth-order valence-corrected chi connectivity index (χ4v) is 2.92. The van der Waals surface area contributed by atoms with Crippen LogP contribution in [0.3, 0.4) is 0 Å². The molecule has 4 unspecified atom stereocenters. The molecule has 0 aliphatic carbocycles. The predicted molar refractivity (Wildman–Crippen MR) is 63.8 cm³/mol. The van der Waals surface area contributed by atoms with E-state index in [4.69, 9.17) is 9.47 Å². The molecule has 100 valence electrons. The Balaban J connectivity index is 2.02. The van der Waals surface area contributed by atoms with Gasteiger partial charge in [0.2, 0.25) is 0 Å². The van der Waals surface area contributed by atoms with Crippen molar-refractivity contribution in [2.45, 2.75) is 56.8 Å². The van der Waals surface area contributed by atoms with Crippen LogP contribution in [-0.4, -0.2) is 47.3 Å². The monoisotopic (exact) mass is 244 g/mol. The third-order valence-corrected chi connectivity index (χ3v) is 4.40. The highest BCUT2D eigenvalue weighted by Gasteiger charge is 2.45. The normalized spacial score (nSPS) is 39.2. The van der Waals surface area contributed by atoms with Crippen LogP contribution >= 0.6 is 0 Å². The van der Waals surface area contributed by atoms with Crippen molar-refractivity contribution in [3.05, 3.63) is 0 Å². The van der Waals surface area contributed by atoms with Gasteiger partial charge in [-0.15, -0.1) is 0 Å². The van der Waals surface area contributed by atoms with Crippen LogP contribution in [-0.2, 0) is 9.47 Å². The molecule has 0 amide bonds. The standard InChI is InChI=1S/C13H24O4/c1-3-12(2,15)11(14)10-4-6-17-13(8-10)5-7-16-9-13/h10-11,14-15H,3-9H2,1-2H3. The second-order valence-electron chi connectivity index (χ2n) is 5.74. The quantitative estimate of drug-likeness (QED) is 0.780. The van der Waals surface area contributed by atoms with Crippen LogP contribution in [0.15, 0.2) is 0 Å². The van der Waals surface area contributed by atoms with Crippen molar-refractivity contribution >= 4 is 0 Å². The molecule has 0 aromatic rings. The van der Waals surface area contributed by atoms with Gasteiger partial charge in [-0.3, -0.25) is 0 Å². The fraction of sp³-hybridized carbons (Fsp3) is 1.00. The van der Waals surface area contributed by atoms with Gasteiger partial charge in [0.15, 0.2) is 0 Å². The highest BCUT2D eigenvalue weighted by molar-refractivity contribution is 4.95. The first-order valence-corrected chi connectivity index (χ1v) is 6.61. The molecule has 2 fully saturated rings. The van der Waals surface area contributed by atoms with E-state index in [0.717, 1.165) is 25.9 Å². The van der Waals surface area contributed by atoms with Crippen molar-refractivity contribution in [1.82, 2.24) is 0 Å². The Morgan fingerprint density at radius 1 is 1.47 bits per heavy atom. The van der Waals surface area contributed by atoms with Gasteiger partial charge in [-0.25, -0.2) is 0 Å². The van der Waals surface area contributed by atoms with E-state index in [9.17, 15) is 10.2 Å². The number of hydrogen-bond donors (Lipinski definition) is 2. The first-order valence-electron chi connectivity index (χ1n) is 6.61. The van der Waals surface area contributed by atoms with E-state index in [0.29, 0.717) is 19.6 Å². The van der Waals surface area contributed by atoms with Crippen LogP contribution in [0.5, 0.6) is 0 Å². The second-order valence-corrected chi connectivity index (χ2v) is 5.74. The molecule has 2 heterocycles. The zero-order chi connectivity index (χ0) is 12.5. The smallest absolute Gasteiger partial charge is 0.0940 e. The Kier molecular flexibility index (Phi) is 3.78. The topological polar surface area (TPSA) is 58.9 Å². The third-order valence-electron chi connectivity index (χ3n) is 4.40. The highest BCUT2D eigenvalue weighted by atomic mass is 16.6. The molecule has 2 aliphatic rings. The SMILES string of the molecule is CCC(C)(O)C(O)C1CCOC2(CCOC2)C1. The Morgan fingerprint density at radius 3 is 2.82 bits per heavy atom. The summed E-state index contributed by atoms with van der Waals surface area (Å²) in [7, 11) is 0. The zero-order valence-corrected chi connectivity index (χ0v) is 10.8. The van der Waals surface area contributed by atoms with Crippen molar-refractivity contribution < 1.29 is 19.7 Å². The van der Waals surface area contributed by atoms with Crippen LogP contribution in [0, 0.1) is 5.92 Å². The van der Waals surface area contributed by atoms with E-state index >= 15 is 0 Å². The molecule has 0 saturated carbocycles. The van der Waals surface area contributed by atoms with Crippen LogP contribution in [0.25, 0.3) is 0 Å². The number of aliphatic hydroxyl groups excluding tert-OH is 1. The van der Waals surface area contributed by atoms with E-state index in [1.54, 1.807) is 6.92 Å². The molecule has 17 heavy (non-hydrogen) atoms. The summed E-state index contributed by atoms with van der Waals surface area (Å²) in [5.74, 6) is 0.111. The van der Waals surface area contributed by atoms with E-state index < -0.39 is 11.7 Å². The van der Waals surface area contributed by atoms with Gasteiger partial charge in [0, 0.05) is 19.6 Å². The van der Waals surface area contributed by atoms with Crippen molar-refractivity contribution in [1.29, 1.82) is 0 Å². The largest absolute Gasteiger partial charge is 0.390 e. The van der Waals surface area contributed by atoms with Crippen LogP contribution < -0.4 is 0 Å². The summed E-state index contributed by atoms with van der Waals surface area (Å²) >= 11 is 0. The van der Waals surface area contributed by atoms with Gasteiger partial charge >= 0.3 is 0 Å². The predicted octanol–water partition coefficient (Wildman–Crippen LogP) is 1.09. The summed E-state index contributed by atoms with van der Waals surface area (Å²) in [5.41, 5.74) is -1.20. The average molecular weight is 244 g/mol. The van der Waals surface area contributed by atoms with Crippen molar-refractivity contribution in [3.8, 4) is 0 Å². The van der Waals surface area contributed by atoms with Crippen LogP contribution in [0.1, 0.15) is 39.5 Å². The lowest BCUT2D eigenvalue weighted by Gasteiger charge is -2.42. The minimum absolute atomic E-state index is 0.111. The van der Waals surface area contributed by atoms with E-state index in [1.807, 2.05) is 6.92 Å². The van der Waals surface area contributed by atoms with Crippen LogP contribution in [0.4, 0.5) is 0 Å². The maximum absolute atomic E-state index is 10.3. The van der Waals surface area contributed by atoms with Crippen molar-refractivity contribution in [3.63, 3.8) is 0 Å². The summed E-state index contributed by atoms with van der Waals surface area (Å²) in [5, 5.41) is 20.5. The van der Waals surface area contributed by atoms with Gasteiger partial charge in [0.05, 0.1) is 23.9 Å². The molecule has 0 aromatic heterocycles. The number of rotatable bonds is 3. The van der Waals surface area contributed by atoms with E-state index in [2.05, 4.69) is 0 Å². The lowest BCUT2D eigenvalue weighted by molar-refractivity contribution is -0.153. The molecule has 1 spiro atoms. The molecule has 4 atom stereocenters. The molecule has 4 heteroatoms. The molecule has 2 rings (SSSR count). The first kappa shape index (κ1) is 13.3. The molecule has 2 saturated heterocycles. The first-order chi connectivity index (χ1) is 7.99. The van der Waals surface area contributed by atoms with E-state index in [-0.39, 0.29) is 11.5 Å². The Hall–Kier alpha value is -0.160. The van der Waals surface area contributed by atoms with Crippen LogP contribution in [0.2, 0.25) is 0 Å². The van der Waals surface area contributed by atoms with Gasteiger partial charge in [-0.05, 0) is 32.1 Å². The maximum atomic E-state index is 10.3. The number of hydrogen-bond acceptors (Lipinski definition) is 4. The Labute approximate surface area is 103 Å². The molecule has 2 N–H and O–H groups in total. The zero-order valence-electron chi connectivity index (χ0n) is 10.8. The molecular weight excluding hydrogens is 220 g/mol. The molecule has 0 aromatic carbocycles. The Bertz CT molecular complexity index is 258. The Morgan fingerprint density at radius 2 is 2.24 bits per heavy atom. The molecule has 4 nitrogen and oxygen atoms in total. The van der Waals surface area contributed by atoms with Gasteiger partial charge in [-0.2, -0.15) is 0 Å². The van der Waals surface area contributed by atoms with Gasteiger partial charge in [0.25, 0.3) is 0 Å². The second kappa shape index (κ2) is 4.84. The summed E-state index contributed by atoms with van der Waals surface area (Å²) in [6, 6.07) is 0. The fourth-order valence-electron chi connectivity index (χ4n) is 2.92. The number of ether oxygens (including phenoxy) is 2. The van der Waals surface area contributed by atoms with Gasteiger partial charge in [-0.1, -0.05) is 6.92 Å². The summed E-state index contributed by atoms with van der Waals surface area (Å²) in [6.07, 6.45) is 2.41. The summed E-state index contributed by atoms with van der Waals surface area (Å²) in [6.45, 7) is 5.64. The van der Waals surface area contributed by atoms with E-state index in [1.165, 1.54) is 0 Å². The third kappa shape index (κ3) is 2.65. The lowest BCUT2D eigenvalue weighted by atomic mass is 9.76. The minimum Gasteiger partial charge on any atom is -0.390 e.